The van der Waals surface area contributed by atoms with Gasteiger partial charge in [0, 0.05) is 28.0 Å². The first-order chi connectivity index (χ1) is 9.10. The van der Waals surface area contributed by atoms with Gasteiger partial charge < -0.3 is 4.74 Å². The number of ether oxygens (including phenoxy) is 1. The molecule has 0 saturated heterocycles. The van der Waals surface area contributed by atoms with Crippen LogP contribution in [-0.2, 0) is 13.1 Å². The molecular formula is C15H18BrNOS. The Kier molecular flexibility index (Phi) is 5.02. The number of halogens is 1. The lowest BCUT2D eigenvalue weighted by atomic mass is 10.2. The fourth-order valence-corrected chi connectivity index (χ4v) is 3.42. The van der Waals surface area contributed by atoms with Crippen molar-refractivity contribution in [1.29, 1.82) is 0 Å². The standard InChI is InChI=1S/C15H18BrNOS/c1-11-6-7-19-15(11)10-17(2)9-12-8-13(16)4-5-14(12)18-3/h4-8H,9-10H2,1-3H3. The molecule has 0 bridgehead atoms. The summed E-state index contributed by atoms with van der Waals surface area (Å²) < 4.78 is 6.50. The maximum atomic E-state index is 5.42. The number of benzene rings is 1. The Morgan fingerprint density at radius 3 is 2.68 bits per heavy atom. The van der Waals surface area contributed by atoms with Crippen LogP contribution in [-0.4, -0.2) is 19.1 Å². The minimum absolute atomic E-state index is 0.875. The molecular weight excluding hydrogens is 322 g/mol. The van der Waals surface area contributed by atoms with Crippen molar-refractivity contribution in [2.45, 2.75) is 20.0 Å². The van der Waals surface area contributed by atoms with Crippen molar-refractivity contribution in [2.75, 3.05) is 14.2 Å². The smallest absolute Gasteiger partial charge is 0.123 e. The zero-order valence-corrected chi connectivity index (χ0v) is 13.8. The van der Waals surface area contributed by atoms with Crippen LogP contribution in [0.5, 0.6) is 5.75 Å². The zero-order chi connectivity index (χ0) is 13.8. The lowest BCUT2D eigenvalue weighted by molar-refractivity contribution is 0.312. The quantitative estimate of drug-likeness (QED) is 0.797. The van der Waals surface area contributed by atoms with E-state index in [1.807, 2.05) is 23.5 Å². The van der Waals surface area contributed by atoms with Gasteiger partial charge in [0.25, 0.3) is 0 Å². The van der Waals surface area contributed by atoms with Crippen LogP contribution in [0.4, 0.5) is 0 Å². The molecule has 19 heavy (non-hydrogen) atoms. The molecule has 0 aliphatic heterocycles. The fraction of sp³-hybridized carbons (Fsp3) is 0.333. The Morgan fingerprint density at radius 1 is 1.26 bits per heavy atom. The van der Waals surface area contributed by atoms with Gasteiger partial charge in [-0.2, -0.15) is 0 Å². The van der Waals surface area contributed by atoms with Gasteiger partial charge in [0.1, 0.15) is 5.75 Å². The van der Waals surface area contributed by atoms with E-state index in [4.69, 9.17) is 4.74 Å². The van der Waals surface area contributed by atoms with Crippen molar-refractivity contribution in [3.8, 4) is 5.75 Å². The van der Waals surface area contributed by atoms with E-state index in [-0.39, 0.29) is 0 Å². The summed E-state index contributed by atoms with van der Waals surface area (Å²) in [5.41, 5.74) is 2.58. The molecule has 1 aromatic heterocycles. The highest BCUT2D eigenvalue weighted by Gasteiger charge is 2.09. The molecule has 0 saturated carbocycles. The predicted molar refractivity (Wildman–Crippen MR) is 84.9 cm³/mol. The van der Waals surface area contributed by atoms with Crippen molar-refractivity contribution < 1.29 is 4.74 Å². The molecule has 0 aliphatic carbocycles. The van der Waals surface area contributed by atoms with Crippen molar-refractivity contribution in [3.05, 3.63) is 50.1 Å². The van der Waals surface area contributed by atoms with Crippen LogP contribution < -0.4 is 4.74 Å². The first-order valence-electron chi connectivity index (χ1n) is 6.14. The van der Waals surface area contributed by atoms with Gasteiger partial charge in [-0.3, -0.25) is 4.90 Å². The summed E-state index contributed by atoms with van der Waals surface area (Å²) in [6.07, 6.45) is 0. The molecule has 102 valence electrons. The van der Waals surface area contributed by atoms with E-state index in [0.29, 0.717) is 0 Å². The average Bonchev–Trinajstić information content (AvgIpc) is 2.75. The minimum atomic E-state index is 0.875. The summed E-state index contributed by atoms with van der Waals surface area (Å²) in [5, 5.41) is 2.15. The molecule has 2 nitrogen and oxygen atoms in total. The number of methoxy groups -OCH3 is 1. The first kappa shape index (κ1) is 14.6. The van der Waals surface area contributed by atoms with E-state index in [2.05, 4.69) is 52.3 Å². The molecule has 0 aliphatic rings. The summed E-state index contributed by atoms with van der Waals surface area (Å²) in [5.74, 6) is 0.943. The van der Waals surface area contributed by atoms with E-state index in [9.17, 15) is 0 Å². The Morgan fingerprint density at radius 2 is 2.05 bits per heavy atom. The van der Waals surface area contributed by atoms with Gasteiger partial charge in [-0.1, -0.05) is 15.9 Å². The number of thiophene rings is 1. The van der Waals surface area contributed by atoms with Gasteiger partial charge in [-0.25, -0.2) is 0 Å². The van der Waals surface area contributed by atoms with Gasteiger partial charge >= 0.3 is 0 Å². The molecule has 0 amide bonds. The second-order valence-electron chi connectivity index (χ2n) is 4.66. The first-order valence-corrected chi connectivity index (χ1v) is 7.81. The second kappa shape index (κ2) is 6.55. The molecule has 1 aromatic carbocycles. The molecule has 4 heteroatoms. The Hall–Kier alpha value is -0.840. The maximum absolute atomic E-state index is 5.42. The maximum Gasteiger partial charge on any atom is 0.123 e. The summed E-state index contributed by atoms with van der Waals surface area (Å²) >= 11 is 5.34. The Labute approximate surface area is 127 Å². The monoisotopic (exact) mass is 339 g/mol. The zero-order valence-electron chi connectivity index (χ0n) is 11.4. The molecule has 0 fully saturated rings. The van der Waals surface area contributed by atoms with Crippen molar-refractivity contribution in [2.24, 2.45) is 0 Å². The highest BCUT2D eigenvalue weighted by molar-refractivity contribution is 9.10. The summed E-state index contributed by atoms with van der Waals surface area (Å²) in [6, 6.07) is 8.31. The summed E-state index contributed by atoms with van der Waals surface area (Å²) in [4.78, 5) is 3.74. The van der Waals surface area contributed by atoms with Crippen LogP contribution in [0.25, 0.3) is 0 Å². The predicted octanol–water partition coefficient (Wildman–Crippen LogP) is 4.46. The number of aryl methyl sites for hydroxylation is 1. The highest BCUT2D eigenvalue weighted by atomic mass is 79.9. The summed E-state index contributed by atoms with van der Waals surface area (Å²) in [6.45, 7) is 4.01. The normalized spacial score (nSPS) is 11.0. The molecule has 2 rings (SSSR count). The van der Waals surface area contributed by atoms with Crippen LogP contribution in [0.15, 0.2) is 34.1 Å². The van der Waals surface area contributed by atoms with Crippen LogP contribution >= 0.6 is 27.3 Å². The SMILES string of the molecule is COc1ccc(Br)cc1CN(C)Cc1sccc1C. The minimum Gasteiger partial charge on any atom is -0.496 e. The van der Waals surface area contributed by atoms with Gasteiger partial charge in [0.05, 0.1) is 7.11 Å². The topological polar surface area (TPSA) is 12.5 Å². The van der Waals surface area contributed by atoms with Gasteiger partial charge in [0.15, 0.2) is 0 Å². The molecule has 0 N–H and O–H groups in total. The van der Waals surface area contributed by atoms with Crippen LogP contribution in [0.2, 0.25) is 0 Å². The molecule has 0 radical (unpaired) electrons. The third kappa shape index (κ3) is 3.81. The molecule has 0 unspecified atom stereocenters. The fourth-order valence-electron chi connectivity index (χ4n) is 2.03. The Balaban J connectivity index is 2.08. The molecule has 1 heterocycles. The van der Waals surface area contributed by atoms with Crippen molar-refractivity contribution in [1.82, 2.24) is 4.90 Å². The highest BCUT2D eigenvalue weighted by Crippen LogP contribution is 2.25. The van der Waals surface area contributed by atoms with E-state index in [1.165, 1.54) is 16.0 Å². The lowest BCUT2D eigenvalue weighted by Gasteiger charge is -2.18. The third-order valence-corrected chi connectivity index (χ3v) is 4.57. The number of nitrogens with zero attached hydrogens (tertiary/aromatic N) is 1. The van der Waals surface area contributed by atoms with E-state index >= 15 is 0 Å². The number of rotatable bonds is 5. The number of hydrogen-bond acceptors (Lipinski definition) is 3. The number of hydrogen-bond donors (Lipinski definition) is 0. The van der Waals surface area contributed by atoms with E-state index in [0.717, 1.165) is 23.3 Å². The second-order valence-corrected chi connectivity index (χ2v) is 6.57. The molecule has 0 spiro atoms. The lowest BCUT2D eigenvalue weighted by Crippen LogP contribution is -2.17. The van der Waals surface area contributed by atoms with Crippen molar-refractivity contribution in [3.63, 3.8) is 0 Å². The Bertz CT molecular complexity index is 553. The molecule has 2 aromatic rings. The third-order valence-electron chi connectivity index (χ3n) is 3.06. The van der Waals surface area contributed by atoms with Crippen LogP contribution in [0.3, 0.4) is 0 Å². The van der Waals surface area contributed by atoms with Gasteiger partial charge in [-0.05, 0) is 49.2 Å². The van der Waals surface area contributed by atoms with Crippen LogP contribution in [0.1, 0.15) is 16.0 Å². The van der Waals surface area contributed by atoms with E-state index in [1.54, 1.807) is 7.11 Å². The average molecular weight is 340 g/mol. The van der Waals surface area contributed by atoms with Gasteiger partial charge in [0.2, 0.25) is 0 Å². The summed E-state index contributed by atoms with van der Waals surface area (Å²) in [7, 11) is 3.86. The van der Waals surface area contributed by atoms with Crippen LogP contribution in [0, 0.1) is 6.92 Å². The van der Waals surface area contributed by atoms with Crippen molar-refractivity contribution >= 4 is 27.3 Å². The molecule has 0 atom stereocenters. The van der Waals surface area contributed by atoms with E-state index < -0.39 is 0 Å². The van der Waals surface area contributed by atoms with Gasteiger partial charge in [-0.15, -0.1) is 11.3 Å². The largest absolute Gasteiger partial charge is 0.496 e.